The first-order valence-corrected chi connectivity index (χ1v) is 5.61. The summed E-state index contributed by atoms with van der Waals surface area (Å²) < 4.78 is 33.0. The predicted molar refractivity (Wildman–Crippen MR) is 52.5 cm³/mol. The Kier molecular flexibility index (Phi) is 13.5. The van der Waals surface area contributed by atoms with Crippen molar-refractivity contribution in [2.45, 2.75) is 6.92 Å². The summed E-state index contributed by atoms with van der Waals surface area (Å²) in [6.07, 6.45) is 0. The van der Waals surface area contributed by atoms with E-state index in [0.717, 1.165) is 7.11 Å². The average Bonchev–Trinajstić information content (AvgIpc) is 2.20. The van der Waals surface area contributed by atoms with Gasteiger partial charge in [0.2, 0.25) is 0 Å². The van der Waals surface area contributed by atoms with Crippen LogP contribution in [-0.2, 0) is 23.5 Å². The largest absolute Gasteiger partial charge is 0.399 e. The van der Waals surface area contributed by atoms with Gasteiger partial charge in [0, 0.05) is 0 Å². The van der Waals surface area contributed by atoms with E-state index in [-0.39, 0.29) is 19.8 Å². The number of aliphatic hydroxyl groups is 2. The smallest absolute Gasteiger partial charge is 0.394 e. The monoisotopic (exact) mass is 246 g/mol. The van der Waals surface area contributed by atoms with Crippen LogP contribution in [0.5, 0.6) is 0 Å². The predicted octanol–water partition coefficient (Wildman–Crippen LogP) is -1.10. The standard InChI is InChI=1S/C4H10O3.C3H8O4S/c5-1-3-7-4-2-6;1-3-7-8(4,5)6-2/h5-6H,1-4H2;3H2,1-2H3. The topological polar surface area (TPSA) is 102 Å². The molecule has 0 atom stereocenters. The maximum atomic E-state index is 10.2. The fourth-order valence-corrected chi connectivity index (χ4v) is 0.809. The molecule has 0 aromatic heterocycles. The maximum absolute atomic E-state index is 10.2. The van der Waals surface area contributed by atoms with E-state index in [9.17, 15) is 8.42 Å². The molecule has 0 heterocycles. The molecule has 0 spiro atoms. The summed E-state index contributed by atoms with van der Waals surface area (Å²) in [7, 11) is -2.62. The van der Waals surface area contributed by atoms with Crippen LogP contribution < -0.4 is 0 Å². The summed E-state index contributed by atoms with van der Waals surface area (Å²) in [5.74, 6) is 0. The zero-order chi connectivity index (χ0) is 12.2. The van der Waals surface area contributed by atoms with Crippen molar-refractivity contribution in [3.8, 4) is 0 Å². The number of hydrogen-bond donors (Lipinski definition) is 2. The molecule has 0 aromatic carbocycles. The molecule has 0 aromatic rings. The number of hydrogen-bond acceptors (Lipinski definition) is 7. The van der Waals surface area contributed by atoms with E-state index >= 15 is 0 Å². The van der Waals surface area contributed by atoms with Crippen LogP contribution in [0, 0.1) is 0 Å². The molecule has 2 N–H and O–H groups in total. The first-order valence-electron chi connectivity index (χ1n) is 4.28. The molecule has 0 saturated carbocycles. The van der Waals surface area contributed by atoms with Gasteiger partial charge in [-0.25, -0.2) is 4.18 Å². The van der Waals surface area contributed by atoms with E-state index in [1.165, 1.54) is 0 Å². The van der Waals surface area contributed by atoms with E-state index in [1.807, 2.05) is 0 Å². The van der Waals surface area contributed by atoms with Gasteiger partial charge in [0.05, 0.1) is 40.1 Å². The van der Waals surface area contributed by atoms with Gasteiger partial charge < -0.3 is 14.9 Å². The van der Waals surface area contributed by atoms with Gasteiger partial charge in [0.25, 0.3) is 0 Å². The normalized spacial score (nSPS) is 10.7. The van der Waals surface area contributed by atoms with Crippen LogP contribution in [0.4, 0.5) is 0 Å². The first kappa shape index (κ1) is 17.2. The van der Waals surface area contributed by atoms with Gasteiger partial charge in [-0.05, 0) is 6.92 Å². The van der Waals surface area contributed by atoms with Crippen LogP contribution in [-0.4, -0.2) is 58.8 Å². The van der Waals surface area contributed by atoms with E-state index in [2.05, 4.69) is 13.1 Å². The van der Waals surface area contributed by atoms with Crippen molar-refractivity contribution in [3.63, 3.8) is 0 Å². The third-order valence-corrected chi connectivity index (χ3v) is 1.87. The molecular formula is C7H18O7S. The van der Waals surface area contributed by atoms with Gasteiger partial charge >= 0.3 is 10.4 Å². The quantitative estimate of drug-likeness (QED) is 0.550. The highest BCUT2D eigenvalue weighted by Gasteiger charge is 2.04. The minimum Gasteiger partial charge on any atom is -0.394 e. The Morgan fingerprint density at radius 1 is 1.13 bits per heavy atom. The van der Waals surface area contributed by atoms with Crippen LogP contribution in [0.15, 0.2) is 0 Å². The molecule has 0 radical (unpaired) electrons. The first-order chi connectivity index (χ1) is 7.04. The molecule has 0 fully saturated rings. The van der Waals surface area contributed by atoms with Crippen LogP contribution in [0.1, 0.15) is 6.92 Å². The second-order valence-corrected chi connectivity index (χ2v) is 3.43. The lowest BCUT2D eigenvalue weighted by Gasteiger charge is -1.95. The van der Waals surface area contributed by atoms with Gasteiger partial charge in [-0.15, -0.1) is 0 Å². The average molecular weight is 246 g/mol. The van der Waals surface area contributed by atoms with Crippen molar-refractivity contribution in [1.29, 1.82) is 0 Å². The van der Waals surface area contributed by atoms with Gasteiger partial charge in [-0.1, -0.05) is 0 Å². The summed E-state index contributed by atoms with van der Waals surface area (Å²) in [4.78, 5) is 0. The zero-order valence-corrected chi connectivity index (χ0v) is 9.70. The molecule has 8 heteroatoms. The molecule has 0 aliphatic heterocycles. The molecule has 0 bridgehead atoms. The highest BCUT2D eigenvalue weighted by molar-refractivity contribution is 7.81. The Hall–Kier alpha value is -0.250. The fourth-order valence-electron chi connectivity index (χ4n) is 0.424. The van der Waals surface area contributed by atoms with Gasteiger partial charge in [0.15, 0.2) is 0 Å². The highest BCUT2D eigenvalue weighted by Crippen LogP contribution is 1.89. The van der Waals surface area contributed by atoms with Gasteiger partial charge in [0.1, 0.15) is 0 Å². The second kappa shape index (κ2) is 11.8. The Morgan fingerprint density at radius 3 is 1.80 bits per heavy atom. The number of aliphatic hydroxyl groups excluding tert-OH is 2. The minimum absolute atomic E-state index is 0.0278. The number of rotatable bonds is 7. The third kappa shape index (κ3) is 16.4. The Morgan fingerprint density at radius 2 is 1.60 bits per heavy atom. The van der Waals surface area contributed by atoms with Crippen molar-refractivity contribution in [3.05, 3.63) is 0 Å². The van der Waals surface area contributed by atoms with Crippen molar-refractivity contribution >= 4 is 10.4 Å². The molecule has 0 rings (SSSR count). The SMILES string of the molecule is CCOS(=O)(=O)OC.OCCOCCO. The maximum Gasteiger partial charge on any atom is 0.399 e. The summed E-state index contributed by atoms with van der Waals surface area (Å²) >= 11 is 0. The molecule has 94 valence electrons. The lowest BCUT2D eigenvalue weighted by Crippen LogP contribution is -2.06. The Bertz CT molecular complexity index is 197. The van der Waals surface area contributed by atoms with Crippen LogP contribution in [0.3, 0.4) is 0 Å². The van der Waals surface area contributed by atoms with E-state index < -0.39 is 10.4 Å². The van der Waals surface area contributed by atoms with Crippen molar-refractivity contribution in [2.24, 2.45) is 0 Å². The minimum atomic E-state index is -3.67. The molecule has 0 aliphatic carbocycles. The second-order valence-electron chi connectivity index (χ2n) is 2.04. The van der Waals surface area contributed by atoms with E-state index in [0.29, 0.717) is 13.2 Å². The van der Waals surface area contributed by atoms with Crippen molar-refractivity contribution in [1.82, 2.24) is 0 Å². The Labute approximate surface area is 89.9 Å². The summed E-state index contributed by atoms with van der Waals surface area (Å²) in [6, 6.07) is 0. The molecule has 15 heavy (non-hydrogen) atoms. The zero-order valence-electron chi connectivity index (χ0n) is 8.88. The van der Waals surface area contributed by atoms with Crippen molar-refractivity contribution < 1.29 is 31.7 Å². The van der Waals surface area contributed by atoms with Crippen LogP contribution in [0.25, 0.3) is 0 Å². The van der Waals surface area contributed by atoms with Crippen molar-refractivity contribution in [2.75, 3.05) is 40.1 Å². The molecule has 0 amide bonds. The van der Waals surface area contributed by atoms with E-state index in [4.69, 9.17) is 10.2 Å². The molecular weight excluding hydrogens is 228 g/mol. The number of ether oxygens (including phenoxy) is 1. The fraction of sp³-hybridized carbons (Fsp3) is 1.00. The molecule has 0 aliphatic rings. The van der Waals surface area contributed by atoms with Gasteiger partial charge in [-0.3, -0.25) is 4.18 Å². The van der Waals surface area contributed by atoms with Crippen LogP contribution >= 0.6 is 0 Å². The summed E-state index contributed by atoms with van der Waals surface area (Å²) in [5, 5.41) is 16.2. The van der Waals surface area contributed by atoms with Crippen LogP contribution in [0.2, 0.25) is 0 Å². The lowest BCUT2D eigenvalue weighted by atomic mass is 10.7. The molecule has 0 unspecified atom stereocenters. The van der Waals surface area contributed by atoms with E-state index in [1.54, 1.807) is 6.92 Å². The lowest BCUT2D eigenvalue weighted by molar-refractivity contribution is 0.0650. The summed E-state index contributed by atoms with van der Waals surface area (Å²) in [6.45, 7) is 2.37. The molecule has 0 saturated heterocycles. The highest BCUT2D eigenvalue weighted by atomic mass is 32.3. The molecule has 7 nitrogen and oxygen atoms in total. The third-order valence-electron chi connectivity index (χ3n) is 0.938. The Balaban J connectivity index is 0. The van der Waals surface area contributed by atoms with Gasteiger partial charge in [-0.2, -0.15) is 8.42 Å². The summed E-state index contributed by atoms with van der Waals surface area (Å²) in [5.41, 5.74) is 0.